The molecule has 0 amide bonds. The number of carbonyl (C=O) groups is 1. The van der Waals surface area contributed by atoms with E-state index in [-0.39, 0.29) is 11.8 Å². The minimum Gasteiger partial charge on any atom is -0.493 e. The van der Waals surface area contributed by atoms with E-state index in [0.717, 1.165) is 26.1 Å². The number of methoxy groups -OCH3 is 1. The van der Waals surface area contributed by atoms with Gasteiger partial charge in [0.15, 0.2) is 5.75 Å². The number of rotatable bonds is 3. The fraction of sp³-hybridized carbons (Fsp3) is 0.692. The van der Waals surface area contributed by atoms with Crippen molar-refractivity contribution in [2.24, 2.45) is 7.05 Å². The Hall–Kier alpha value is -1.40. The first kappa shape index (κ1) is 14.0. The monoisotopic (exact) mass is 266 g/mol. The number of hydrogen-bond donors (Lipinski definition) is 0. The summed E-state index contributed by atoms with van der Waals surface area (Å²) in [5.41, 5.74) is 0.551. The molecule has 19 heavy (non-hydrogen) atoms. The molecule has 0 aliphatic carbocycles. The zero-order valence-corrected chi connectivity index (χ0v) is 12.1. The van der Waals surface area contributed by atoms with Gasteiger partial charge in [0.2, 0.25) is 5.78 Å². The van der Waals surface area contributed by atoms with Crippen molar-refractivity contribution in [2.45, 2.75) is 12.5 Å². The number of aryl methyl sites for hydroxylation is 1. The fourth-order valence-electron chi connectivity index (χ4n) is 2.56. The molecule has 1 aromatic rings. The lowest BCUT2D eigenvalue weighted by Crippen LogP contribution is -2.44. The SMILES string of the molecule is COc1cnn(C)c1C(=O)C1CN(C)CCCN1C. The maximum atomic E-state index is 12.8. The highest BCUT2D eigenvalue weighted by Crippen LogP contribution is 2.21. The van der Waals surface area contributed by atoms with Crippen molar-refractivity contribution >= 4 is 5.78 Å². The lowest BCUT2D eigenvalue weighted by molar-refractivity contribution is 0.0826. The third kappa shape index (κ3) is 2.79. The van der Waals surface area contributed by atoms with Crippen LogP contribution in [0.5, 0.6) is 5.75 Å². The van der Waals surface area contributed by atoms with E-state index < -0.39 is 0 Å². The van der Waals surface area contributed by atoms with Crippen LogP contribution in [-0.4, -0.2) is 72.2 Å². The van der Waals surface area contributed by atoms with E-state index in [1.807, 2.05) is 7.05 Å². The Kier molecular flexibility index (Phi) is 4.21. The lowest BCUT2D eigenvalue weighted by atomic mass is 10.1. The molecule has 0 N–H and O–H groups in total. The van der Waals surface area contributed by atoms with Crippen molar-refractivity contribution in [2.75, 3.05) is 40.8 Å². The highest BCUT2D eigenvalue weighted by atomic mass is 16.5. The summed E-state index contributed by atoms with van der Waals surface area (Å²) in [6.07, 6.45) is 2.67. The van der Waals surface area contributed by atoms with Gasteiger partial charge in [-0.3, -0.25) is 14.4 Å². The first-order valence-corrected chi connectivity index (χ1v) is 6.53. The van der Waals surface area contributed by atoms with Gasteiger partial charge in [0.25, 0.3) is 0 Å². The molecule has 6 heteroatoms. The Bertz CT molecular complexity index is 457. The zero-order valence-electron chi connectivity index (χ0n) is 12.1. The average Bonchev–Trinajstić information content (AvgIpc) is 2.67. The minimum atomic E-state index is -0.142. The first-order chi connectivity index (χ1) is 9.04. The molecule has 0 saturated carbocycles. The van der Waals surface area contributed by atoms with E-state index in [0.29, 0.717) is 11.4 Å². The molecule has 1 fully saturated rings. The summed E-state index contributed by atoms with van der Waals surface area (Å²) >= 11 is 0. The number of Topliss-reactive ketones (excluding diaryl/α,β-unsaturated/α-hetero) is 1. The molecule has 1 aliphatic heterocycles. The molecule has 2 rings (SSSR count). The molecular weight excluding hydrogens is 244 g/mol. The molecule has 1 atom stereocenters. The second-order valence-corrected chi connectivity index (χ2v) is 5.16. The van der Waals surface area contributed by atoms with Gasteiger partial charge in [-0.05, 0) is 33.6 Å². The van der Waals surface area contributed by atoms with Crippen molar-refractivity contribution in [1.82, 2.24) is 19.6 Å². The Morgan fingerprint density at radius 2 is 2.11 bits per heavy atom. The smallest absolute Gasteiger partial charge is 0.203 e. The number of ketones is 1. The summed E-state index contributed by atoms with van der Waals surface area (Å²) in [6.45, 7) is 2.70. The molecule has 1 aromatic heterocycles. The maximum Gasteiger partial charge on any atom is 0.203 e. The van der Waals surface area contributed by atoms with Crippen LogP contribution in [0.2, 0.25) is 0 Å². The number of nitrogens with zero attached hydrogens (tertiary/aromatic N) is 4. The Morgan fingerprint density at radius 3 is 2.79 bits per heavy atom. The average molecular weight is 266 g/mol. The van der Waals surface area contributed by atoms with E-state index in [1.54, 1.807) is 25.0 Å². The van der Waals surface area contributed by atoms with Gasteiger partial charge in [-0.15, -0.1) is 0 Å². The fourth-order valence-corrected chi connectivity index (χ4v) is 2.56. The Balaban J connectivity index is 2.28. The van der Waals surface area contributed by atoms with Crippen molar-refractivity contribution in [3.63, 3.8) is 0 Å². The molecule has 1 aliphatic rings. The normalized spacial score (nSPS) is 22.2. The number of likely N-dealkylation sites (N-methyl/N-ethyl adjacent to an activating group) is 2. The van der Waals surface area contributed by atoms with E-state index in [4.69, 9.17) is 4.74 Å². The first-order valence-electron chi connectivity index (χ1n) is 6.53. The van der Waals surface area contributed by atoms with E-state index in [2.05, 4.69) is 21.9 Å². The van der Waals surface area contributed by atoms with Crippen molar-refractivity contribution in [1.29, 1.82) is 0 Å². The van der Waals surface area contributed by atoms with Crippen LogP contribution in [-0.2, 0) is 7.05 Å². The Morgan fingerprint density at radius 1 is 1.37 bits per heavy atom. The molecule has 106 valence electrons. The molecule has 1 saturated heterocycles. The van der Waals surface area contributed by atoms with Crippen LogP contribution >= 0.6 is 0 Å². The van der Waals surface area contributed by atoms with E-state index in [1.165, 1.54) is 0 Å². The molecular formula is C13H22N4O2. The molecule has 0 radical (unpaired) electrons. The number of hydrogen-bond acceptors (Lipinski definition) is 5. The van der Waals surface area contributed by atoms with Gasteiger partial charge in [0.05, 0.1) is 19.3 Å². The predicted octanol–water partition coefficient (Wildman–Crippen LogP) is 0.247. The summed E-state index contributed by atoms with van der Waals surface area (Å²) in [4.78, 5) is 17.1. The van der Waals surface area contributed by atoms with E-state index >= 15 is 0 Å². The molecule has 0 aromatic carbocycles. The van der Waals surface area contributed by atoms with Crippen LogP contribution < -0.4 is 4.74 Å². The van der Waals surface area contributed by atoms with Crippen LogP contribution in [0, 0.1) is 0 Å². The van der Waals surface area contributed by atoms with Crippen LogP contribution in [0.15, 0.2) is 6.20 Å². The standard InChI is InChI=1S/C13H22N4O2/c1-15-6-5-7-16(2)10(9-15)13(18)12-11(19-4)8-14-17(12)3/h8,10H,5-7,9H2,1-4H3. The van der Waals surface area contributed by atoms with Crippen molar-refractivity contribution < 1.29 is 9.53 Å². The number of aromatic nitrogens is 2. The van der Waals surface area contributed by atoms with Gasteiger partial charge in [0, 0.05) is 13.6 Å². The molecule has 1 unspecified atom stereocenters. The van der Waals surface area contributed by atoms with Gasteiger partial charge in [-0.1, -0.05) is 0 Å². The van der Waals surface area contributed by atoms with Crippen LogP contribution in [0.25, 0.3) is 0 Å². The molecule has 0 bridgehead atoms. The quantitative estimate of drug-likeness (QED) is 0.734. The van der Waals surface area contributed by atoms with Gasteiger partial charge < -0.3 is 9.64 Å². The third-order valence-corrected chi connectivity index (χ3v) is 3.73. The van der Waals surface area contributed by atoms with Gasteiger partial charge in [-0.2, -0.15) is 5.10 Å². The maximum absolute atomic E-state index is 12.8. The Labute approximate surface area is 113 Å². The summed E-state index contributed by atoms with van der Waals surface area (Å²) in [7, 11) is 7.40. The molecule has 2 heterocycles. The highest BCUT2D eigenvalue weighted by Gasteiger charge is 2.31. The van der Waals surface area contributed by atoms with Crippen molar-refractivity contribution in [3.8, 4) is 5.75 Å². The third-order valence-electron chi connectivity index (χ3n) is 3.73. The molecule has 6 nitrogen and oxygen atoms in total. The summed E-state index contributed by atoms with van der Waals surface area (Å²) < 4.78 is 6.83. The van der Waals surface area contributed by atoms with Crippen LogP contribution in [0.1, 0.15) is 16.9 Å². The van der Waals surface area contributed by atoms with Crippen LogP contribution in [0.3, 0.4) is 0 Å². The number of ether oxygens (including phenoxy) is 1. The largest absolute Gasteiger partial charge is 0.493 e. The zero-order chi connectivity index (χ0) is 14.0. The highest BCUT2D eigenvalue weighted by molar-refractivity contribution is 6.01. The van der Waals surface area contributed by atoms with Gasteiger partial charge in [0.1, 0.15) is 5.69 Å². The lowest BCUT2D eigenvalue weighted by Gasteiger charge is -2.26. The number of carbonyl (C=O) groups excluding carboxylic acids is 1. The summed E-state index contributed by atoms with van der Waals surface area (Å²) in [5, 5.41) is 4.11. The summed E-state index contributed by atoms with van der Waals surface area (Å²) in [5.74, 6) is 0.626. The predicted molar refractivity (Wildman–Crippen MR) is 72.6 cm³/mol. The second-order valence-electron chi connectivity index (χ2n) is 5.16. The molecule has 0 spiro atoms. The van der Waals surface area contributed by atoms with Gasteiger partial charge >= 0.3 is 0 Å². The van der Waals surface area contributed by atoms with E-state index in [9.17, 15) is 4.79 Å². The van der Waals surface area contributed by atoms with Gasteiger partial charge in [-0.25, -0.2) is 0 Å². The summed E-state index contributed by atoms with van der Waals surface area (Å²) in [6, 6.07) is -0.142. The van der Waals surface area contributed by atoms with Crippen LogP contribution in [0.4, 0.5) is 0 Å². The minimum absolute atomic E-state index is 0.0769. The second kappa shape index (κ2) is 5.71. The van der Waals surface area contributed by atoms with Crippen molar-refractivity contribution in [3.05, 3.63) is 11.9 Å². The topological polar surface area (TPSA) is 50.6 Å².